The zero-order valence-corrected chi connectivity index (χ0v) is 10.6. The predicted octanol–water partition coefficient (Wildman–Crippen LogP) is 1.34. The van der Waals surface area contributed by atoms with Gasteiger partial charge in [-0.2, -0.15) is 10.5 Å². The number of rotatable bonds is 5. The van der Waals surface area contributed by atoms with E-state index in [1.165, 1.54) is 6.08 Å². The maximum atomic E-state index is 12.1. The fraction of sp³-hybridized carbons (Fsp3) is 0.167. The molecule has 0 unspecified atom stereocenters. The van der Waals surface area contributed by atoms with E-state index in [1.54, 1.807) is 11.4 Å². The third kappa shape index (κ3) is 3.95. The molecule has 0 radical (unpaired) electrons. The molecule has 0 aliphatic rings. The van der Waals surface area contributed by atoms with E-state index in [4.69, 9.17) is 15.6 Å². The molecule has 1 N–H and O–H groups in total. The first-order chi connectivity index (χ1) is 9.10. The van der Waals surface area contributed by atoms with Gasteiger partial charge in [0.15, 0.2) is 0 Å². The maximum absolute atomic E-state index is 12.1. The molecule has 0 aromatic carbocycles. The number of amides is 1. The van der Waals surface area contributed by atoms with Gasteiger partial charge in [0, 0.05) is 6.08 Å². The SMILES string of the molecule is N#CCN(CC#N)C(=O)c1sccc1C=CC(=O)O. The molecule has 1 heterocycles. The minimum absolute atomic E-state index is 0.188. The van der Waals surface area contributed by atoms with E-state index in [2.05, 4.69) is 0 Å². The highest BCUT2D eigenvalue weighted by atomic mass is 32.1. The number of carbonyl (C=O) groups excluding carboxylic acids is 1. The minimum atomic E-state index is -1.12. The second-order valence-electron chi connectivity index (χ2n) is 3.35. The number of hydrogen-bond donors (Lipinski definition) is 1. The normalized spacial score (nSPS) is 9.79. The van der Waals surface area contributed by atoms with Crippen LogP contribution >= 0.6 is 11.3 Å². The summed E-state index contributed by atoms with van der Waals surface area (Å²) in [7, 11) is 0. The van der Waals surface area contributed by atoms with E-state index in [9.17, 15) is 9.59 Å². The van der Waals surface area contributed by atoms with Crippen LogP contribution in [-0.4, -0.2) is 35.0 Å². The Bertz CT molecular complexity index is 576. The van der Waals surface area contributed by atoms with Gasteiger partial charge >= 0.3 is 5.97 Å². The lowest BCUT2D eigenvalue weighted by Gasteiger charge is -2.14. The zero-order chi connectivity index (χ0) is 14.3. The van der Waals surface area contributed by atoms with Crippen LogP contribution in [-0.2, 0) is 4.79 Å². The van der Waals surface area contributed by atoms with Crippen LogP contribution in [0.4, 0.5) is 0 Å². The first-order valence-corrected chi connectivity index (χ1v) is 5.99. The third-order valence-corrected chi connectivity index (χ3v) is 3.02. The van der Waals surface area contributed by atoms with Gasteiger partial charge in [-0.15, -0.1) is 11.3 Å². The molecule has 1 aromatic rings. The highest BCUT2D eigenvalue weighted by molar-refractivity contribution is 7.12. The molecule has 0 aliphatic heterocycles. The Kier molecular flexibility index (Phi) is 5.27. The van der Waals surface area contributed by atoms with Crippen LogP contribution in [0.2, 0.25) is 0 Å². The van der Waals surface area contributed by atoms with Crippen molar-refractivity contribution in [1.29, 1.82) is 10.5 Å². The lowest BCUT2D eigenvalue weighted by atomic mass is 10.2. The average Bonchev–Trinajstić information content (AvgIpc) is 2.83. The van der Waals surface area contributed by atoms with E-state index in [-0.39, 0.29) is 13.1 Å². The lowest BCUT2D eigenvalue weighted by molar-refractivity contribution is -0.131. The van der Waals surface area contributed by atoms with Crippen LogP contribution in [0.1, 0.15) is 15.2 Å². The van der Waals surface area contributed by atoms with Crippen molar-refractivity contribution in [2.45, 2.75) is 0 Å². The average molecular weight is 275 g/mol. The number of nitrogens with zero attached hydrogens (tertiary/aromatic N) is 3. The largest absolute Gasteiger partial charge is 0.478 e. The summed E-state index contributed by atoms with van der Waals surface area (Å²) in [5.41, 5.74) is 0.457. The Morgan fingerprint density at radius 1 is 1.37 bits per heavy atom. The third-order valence-electron chi connectivity index (χ3n) is 2.11. The highest BCUT2D eigenvalue weighted by Crippen LogP contribution is 2.20. The van der Waals surface area contributed by atoms with E-state index >= 15 is 0 Å². The van der Waals surface area contributed by atoms with Crippen molar-refractivity contribution < 1.29 is 14.7 Å². The second-order valence-corrected chi connectivity index (χ2v) is 4.27. The van der Waals surface area contributed by atoms with Crippen molar-refractivity contribution in [3.8, 4) is 12.1 Å². The van der Waals surface area contributed by atoms with E-state index in [0.29, 0.717) is 10.4 Å². The molecule has 0 atom stereocenters. The van der Waals surface area contributed by atoms with Gasteiger partial charge in [-0.1, -0.05) is 0 Å². The summed E-state index contributed by atoms with van der Waals surface area (Å²) in [6.45, 7) is -0.376. The molecule has 1 rings (SSSR count). The molecule has 0 aliphatic carbocycles. The molecule has 0 saturated carbocycles. The minimum Gasteiger partial charge on any atom is -0.478 e. The zero-order valence-electron chi connectivity index (χ0n) is 9.74. The van der Waals surface area contributed by atoms with Gasteiger partial charge < -0.3 is 10.0 Å². The smallest absolute Gasteiger partial charge is 0.328 e. The van der Waals surface area contributed by atoms with Gasteiger partial charge in [0.2, 0.25) is 0 Å². The molecule has 0 fully saturated rings. The van der Waals surface area contributed by atoms with Crippen molar-refractivity contribution in [2.24, 2.45) is 0 Å². The second kappa shape index (κ2) is 6.94. The Hall–Kier alpha value is -2.64. The molecule has 96 valence electrons. The topological polar surface area (TPSA) is 105 Å². The monoisotopic (exact) mass is 275 g/mol. The fourth-order valence-corrected chi connectivity index (χ4v) is 2.15. The summed E-state index contributed by atoms with van der Waals surface area (Å²) < 4.78 is 0. The molecule has 0 spiro atoms. The Morgan fingerprint density at radius 2 is 2.00 bits per heavy atom. The van der Waals surface area contributed by atoms with Crippen LogP contribution in [0, 0.1) is 22.7 Å². The molecule has 0 bridgehead atoms. The van der Waals surface area contributed by atoms with Gasteiger partial charge in [0.05, 0.1) is 17.0 Å². The van der Waals surface area contributed by atoms with Crippen LogP contribution in [0.5, 0.6) is 0 Å². The van der Waals surface area contributed by atoms with E-state index in [1.807, 2.05) is 12.1 Å². The summed E-state index contributed by atoms with van der Waals surface area (Å²) >= 11 is 1.14. The fourth-order valence-electron chi connectivity index (χ4n) is 1.30. The first kappa shape index (κ1) is 14.4. The molecule has 6 nitrogen and oxygen atoms in total. The van der Waals surface area contributed by atoms with Crippen molar-refractivity contribution in [1.82, 2.24) is 4.90 Å². The van der Waals surface area contributed by atoms with E-state index in [0.717, 1.165) is 22.3 Å². The van der Waals surface area contributed by atoms with Gasteiger partial charge in [0.25, 0.3) is 5.91 Å². The standard InChI is InChI=1S/C12H9N3O3S/c13-4-6-15(7-5-14)12(18)11-9(3-8-19-11)1-2-10(16)17/h1-3,8H,6-7H2,(H,16,17). The molecule has 19 heavy (non-hydrogen) atoms. The molecule has 7 heteroatoms. The van der Waals surface area contributed by atoms with Crippen molar-refractivity contribution in [3.05, 3.63) is 28.0 Å². The number of aliphatic carboxylic acids is 1. The number of carboxylic acid groups (broad SMARTS) is 1. The van der Waals surface area contributed by atoms with Gasteiger partial charge in [-0.25, -0.2) is 4.79 Å². The van der Waals surface area contributed by atoms with Crippen LogP contribution in [0.25, 0.3) is 6.08 Å². The maximum Gasteiger partial charge on any atom is 0.328 e. The van der Waals surface area contributed by atoms with Crippen LogP contribution in [0.3, 0.4) is 0 Å². The van der Waals surface area contributed by atoms with Gasteiger partial charge in [0.1, 0.15) is 13.1 Å². The molecule has 1 aromatic heterocycles. The molecular formula is C12H9N3O3S. The van der Waals surface area contributed by atoms with Crippen LogP contribution < -0.4 is 0 Å². The van der Waals surface area contributed by atoms with Crippen molar-refractivity contribution in [2.75, 3.05) is 13.1 Å². The van der Waals surface area contributed by atoms with Gasteiger partial charge in [-0.05, 0) is 23.1 Å². The number of carbonyl (C=O) groups is 2. The lowest BCUT2D eigenvalue weighted by Crippen LogP contribution is -2.31. The summed E-state index contributed by atoms with van der Waals surface area (Å²) in [5.74, 6) is -1.57. The Labute approximate surface area is 113 Å². The number of carboxylic acids is 1. The molecular weight excluding hydrogens is 266 g/mol. The summed E-state index contributed by atoms with van der Waals surface area (Å²) in [6, 6.07) is 5.23. The van der Waals surface area contributed by atoms with Crippen LogP contribution in [0.15, 0.2) is 17.5 Å². The van der Waals surface area contributed by atoms with Gasteiger partial charge in [-0.3, -0.25) is 4.79 Å². The molecule has 0 saturated heterocycles. The Morgan fingerprint density at radius 3 is 2.53 bits per heavy atom. The number of thiophene rings is 1. The van der Waals surface area contributed by atoms with Crippen molar-refractivity contribution in [3.63, 3.8) is 0 Å². The highest BCUT2D eigenvalue weighted by Gasteiger charge is 2.19. The van der Waals surface area contributed by atoms with Crippen molar-refractivity contribution >= 4 is 29.3 Å². The predicted molar refractivity (Wildman–Crippen MR) is 68.1 cm³/mol. The Balaban J connectivity index is 3.00. The number of hydrogen-bond acceptors (Lipinski definition) is 5. The quantitative estimate of drug-likeness (QED) is 0.644. The number of nitriles is 2. The summed E-state index contributed by atoms with van der Waals surface area (Å²) in [5, 5.41) is 27.4. The van der Waals surface area contributed by atoms with E-state index < -0.39 is 11.9 Å². The first-order valence-electron chi connectivity index (χ1n) is 5.11. The summed E-state index contributed by atoms with van der Waals surface area (Å²) in [6.07, 6.45) is 2.24. The molecule has 1 amide bonds. The summed E-state index contributed by atoms with van der Waals surface area (Å²) in [4.78, 5) is 24.0.